The molecule has 0 unspecified atom stereocenters. The van der Waals surface area contributed by atoms with E-state index >= 15 is 0 Å². The van der Waals surface area contributed by atoms with Crippen LogP contribution in [0.15, 0.2) is 24.3 Å². The highest BCUT2D eigenvalue weighted by Gasteiger charge is 2.36. The number of carbonyl (C=O) groups excluding carboxylic acids is 2. The fraction of sp³-hybridized carbons (Fsp3) is 0.471. The Hall–Kier alpha value is -1.04. The number of ether oxygens (including phenoxy) is 1. The van der Waals surface area contributed by atoms with Crippen molar-refractivity contribution in [3.63, 3.8) is 0 Å². The van der Waals surface area contributed by atoms with E-state index in [0.29, 0.717) is 16.4 Å². The zero-order chi connectivity index (χ0) is 15.6. The maximum Gasteiger partial charge on any atom is 0.172 e. The van der Waals surface area contributed by atoms with Gasteiger partial charge in [-0.15, -0.1) is 0 Å². The van der Waals surface area contributed by atoms with E-state index in [1.165, 1.54) is 0 Å². The third-order valence-corrected chi connectivity index (χ3v) is 6.38. The number of carbonyl (C=O) groups is 2. The van der Waals surface area contributed by atoms with Crippen molar-refractivity contribution in [2.45, 2.75) is 46.6 Å². The molecule has 21 heavy (non-hydrogen) atoms. The molecule has 0 heterocycles. The van der Waals surface area contributed by atoms with Crippen LogP contribution in [0.4, 0.5) is 0 Å². The summed E-state index contributed by atoms with van der Waals surface area (Å²) in [6.45, 7) is 7.91. The monoisotopic (exact) mass is 400 g/mol. The lowest BCUT2D eigenvalue weighted by molar-refractivity contribution is -0.122. The van der Waals surface area contributed by atoms with Gasteiger partial charge < -0.3 is 4.74 Å². The van der Waals surface area contributed by atoms with Gasteiger partial charge in [-0.25, -0.2) is 0 Å². The molecule has 1 aromatic carbocycles. The van der Waals surface area contributed by atoms with Crippen LogP contribution in [0.2, 0.25) is 0 Å². The molecule has 0 aliphatic heterocycles. The summed E-state index contributed by atoms with van der Waals surface area (Å²) in [7, 11) is 0. The molecule has 0 radical (unpaired) electrons. The highest BCUT2D eigenvalue weighted by atomic mass is 127. The molecular formula is C17H21IO3. The Labute approximate surface area is 135 Å². The molecule has 3 nitrogen and oxygen atoms in total. The molecule has 0 aromatic heterocycles. The molecule has 114 valence electrons. The molecule has 0 amide bonds. The van der Waals surface area contributed by atoms with Crippen LogP contribution in [0, 0.1) is 8.99 Å². The summed E-state index contributed by atoms with van der Waals surface area (Å²) in [6.07, 6.45) is 1.03. The predicted molar refractivity (Wildman–Crippen MR) is 93.0 cm³/mol. The molecule has 1 saturated carbocycles. The van der Waals surface area contributed by atoms with Gasteiger partial charge in [-0.05, 0) is 31.4 Å². The lowest BCUT2D eigenvalue weighted by Crippen LogP contribution is -2.36. The molecule has 4 heteroatoms. The summed E-state index contributed by atoms with van der Waals surface area (Å²) in [5.74, 6) is 0.866. The van der Waals surface area contributed by atoms with Crippen molar-refractivity contribution >= 4 is 35.8 Å². The van der Waals surface area contributed by atoms with Gasteiger partial charge >= 0.3 is 0 Å². The van der Waals surface area contributed by atoms with E-state index in [2.05, 4.69) is 0 Å². The minimum atomic E-state index is -0.778. The van der Waals surface area contributed by atoms with Crippen molar-refractivity contribution < 1.29 is 14.3 Å². The molecule has 0 N–H and O–H groups in total. The first-order valence-electron chi connectivity index (χ1n) is 7.12. The van der Waals surface area contributed by atoms with E-state index in [1.54, 1.807) is 0 Å². The van der Waals surface area contributed by atoms with E-state index in [9.17, 15) is 9.59 Å². The maximum absolute atomic E-state index is 12.3. The number of Topliss-reactive ketones (excluding diaryl/α,β-unsaturated/α-hetero) is 2. The SMILES string of the molecule is CC(C)Oc1ccccc1I=C1C(=O)CC(C)(C)CC1=O. The molecule has 0 saturated heterocycles. The van der Waals surface area contributed by atoms with Crippen LogP contribution < -0.4 is 4.74 Å². The van der Waals surface area contributed by atoms with E-state index < -0.39 is 20.7 Å². The zero-order valence-corrected chi connectivity index (χ0v) is 15.1. The highest BCUT2D eigenvalue weighted by molar-refractivity contribution is 14.2. The summed E-state index contributed by atoms with van der Waals surface area (Å²) in [6, 6.07) is 7.74. The van der Waals surface area contributed by atoms with E-state index in [0.717, 1.165) is 9.32 Å². The fourth-order valence-corrected chi connectivity index (χ4v) is 4.85. The summed E-state index contributed by atoms with van der Waals surface area (Å²) in [4.78, 5) is 24.6. The van der Waals surface area contributed by atoms with Gasteiger partial charge in [0, 0.05) is 12.8 Å². The predicted octanol–water partition coefficient (Wildman–Crippen LogP) is 3.74. The first-order valence-corrected chi connectivity index (χ1v) is 9.28. The number of hydrogen-bond acceptors (Lipinski definition) is 3. The summed E-state index contributed by atoms with van der Waals surface area (Å²) in [5, 5.41) is 0. The van der Waals surface area contributed by atoms with Gasteiger partial charge in [0.2, 0.25) is 0 Å². The smallest absolute Gasteiger partial charge is 0.172 e. The van der Waals surface area contributed by atoms with Gasteiger partial charge in [-0.1, -0.05) is 46.7 Å². The Morgan fingerprint density at radius 2 is 1.67 bits per heavy atom. The van der Waals surface area contributed by atoms with Crippen LogP contribution in [0.25, 0.3) is 0 Å². The summed E-state index contributed by atoms with van der Waals surface area (Å²) < 4.78 is 7.34. The van der Waals surface area contributed by atoms with Crippen molar-refractivity contribution in [2.75, 3.05) is 0 Å². The Kier molecular flexibility index (Phi) is 4.96. The molecule has 1 fully saturated rings. The molecule has 2 rings (SSSR count). The Balaban J connectivity index is 2.36. The Bertz CT molecular complexity index is 578. The number of rotatable bonds is 3. The van der Waals surface area contributed by atoms with Gasteiger partial charge in [0.1, 0.15) is 5.75 Å². The Morgan fingerprint density at radius 3 is 2.24 bits per heavy atom. The average Bonchev–Trinajstić information content (AvgIpc) is 2.33. The normalized spacial score (nSPS) is 18.2. The molecule has 0 bridgehead atoms. The number of benzene rings is 1. The summed E-state index contributed by atoms with van der Waals surface area (Å²) >= 11 is -0.778. The van der Waals surface area contributed by atoms with Crippen LogP contribution in [0.5, 0.6) is 5.75 Å². The van der Waals surface area contributed by atoms with Crippen molar-refractivity contribution in [3.05, 3.63) is 27.8 Å². The van der Waals surface area contributed by atoms with Crippen molar-refractivity contribution in [1.82, 2.24) is 0 Å². The largest absolute Gasteiger partial charge is 0.490 e. The third-order valence-electron chi connectivity index (χ3n) is 3.16. The molecular weight excluding hydrogens is 379 g/mol. The average molecular weight is 400 g/mol. The third kappa shape index (κ3) is 4.22. The van der Waals surface area contributed by atoms with Crippen molar-refractivity contribution in [1.29, 1.82) is 0 Å². The Morgan fingerprint density at radius 1 is 1.10 bits per heavy atom. The number of hydrogen-bond donors (Lipinski definition) is 0. The minimum absolute atomic E-state index is 0.0309. The first kappa shape index (κ1) is 16.3. The van der Waals surface area contributed by atoms with Gasteiger partial charge in [0.15, 0.2) is 11.6 Å². The van der Waals surface area contributed by atoms with Gasteiger partial charge in [0.05, 0.1) is 13.2 Å². The quantitative estimate of drug-likeness (QED) is 0.727. The fourth-order valence-electron chi connectivity index (χ4n) is 2.32. The molecule has 0 atom stereocenters. The number of halogens is 1. The lowest BCUT2D eigenvalue weighted by atomic mass is 9.76. The van der Waals surface area contributed by atoms with Gasteiger partial charge in [0.25, 0.3) is 0 Å². The molecule has 1 aliphatic rings. The maximum atomic E-state index is 12.3. The lowest BCUT2D eigenvalue weighted by Gasteiger charge is -2.28. The second-order valence-electron chi connectivity index (χ2n) is 6.37. The van der Waals surface area contributed by atoms with Crippen molar-refractivity contribution in [3.8, 4) is 5.75 Å². The van der Waals surface area contributed by atoms with Gasteiger partial charge in [-0.3, -0.25) is 9.59 Å². The zero-order valence-electron chi connectivity index (χ0n) is 12.9. The van der Waals surface area contributed by atoms with Crippen LogP contribution in [0.1, 0.15) is 40.5 Å². The van der Waals surface area contributed by atoms with Crippen LogP contribution in [-0.2, 0) is 9.59 Å². The van der Waals surface area contributed by atoms with E-state index in [-0.39, 0.29) is 23.1 Å². The topological polar surface area (TPSA) is 43.4 Å². The van der Waals surface area contributed by atoms with E-state index in [4.69, 9.17) is 4.74 Å². The second-order valence-corrected chi connectivity index (χ2v) is 9.15. The molecule has 0 spiro atoms. The second kappa shape index (κ2) is 6.38. The van der Waals surface area contributed by atoms with Crippen LogP contribution in [0.3, 0.4) is 0 Å². The summed E-state index contributed by atoms with van der Waals surface area (Å²) in [5.41, 5.74) is -0.199. The molecule has 1 aliphatic carbocycles. The minimum Gasteiger partial charge on any atom is -0.490 e. The number of ketones is 2. The number of para-hydroxylation sites is 1. The first-order chi connectivity index (χ1) is 9.78. The van der Waals surface area contributed by atoms with Gasteiger partial charge in [-0.2, -0.15) is 0 Å². The highest BCUT2D eigenvalue weighted by Crippen LogP contribution is 2.34. The standard InChI is InChI=1S/C17H21IO3/c1-11(2)21-15-8-6-5-7-12(15)18-16-13(19)9-17(3,4)10-14(16)20/h5-8,11H,9-10H2,1-4H3. The van der Waals surface area contributed by atoms with E-state index in [1.807, 2.05) is 52.0 Å². The van der Waals surface area contributed by atoms with Crippen LogP contribution >= 0.6 is 20.7 Å². The molecule has 1 aromatic rings. The van der Waals surface area contributed by atoms with Crippen LogP contribution in [-0.4, -0.2) is 21.2 Å². The van der Waals surface area contributed by atoms with Crippen molar-refractivity contribution in [2.24, 2.45) is 5.41 Å².